The van der Waals surface area contributed by atoms with E-state index in [4.69, 9.17) is 5.26 Å². The molecule has 0 radical (unpaired) electrons. The van der Waals surface area contributed by atoms with Crippen LogP contribution in [0.3, 0.4) is 0 Å². The molecule has 0 aliphatic rings. The molecule has 0 fully saturated rings. The summed E-state index contributed by atoms with van der Waals surface area (Å²) in [5.74, 6) is 0. The third-order valence-corrected chi connectivity index (χ3v) is 2.28. The summed E-state index contributed by atoms with van der Waals surface area (Å²) in [6, 6.07) is 9.67. The minimum Gasteiger partial charge on any atom is -0.347 e. The number of aromatic amines is 1. The van der Waals surface area contributed by atoms with Gasteiger partial charge >= 0.3 is 0 Å². The highest BCUT2D eigenvalue weighted by molar-refractivity contribution is 5.31. The van der Waals surface area contributed by atoms with E-state index in [-0.39, 0.29) is 0 Å². The van der Waals surface area contributed by atoms with Gasteiger partial charge in [-0.1, -0.05) is 12.1 Å². The number of H-pyrrole nitrogens is 1. The number of hydrogen-bond acceptors (Lipinski definition) is 3. The van der Waals surface area contributed by atoms with E-state index in [1.54, 1.807) is 12.5 Å². The molecule has 1 aromatic heterocycles. The first-order chi connectivity index (χ1) is 7.88. The van der Waals surface area contributed by atoms with Crippen LogP contribution in [-0.2, 0) is 13.1 Å². The standard InChI is InChI=1S/C12H12N4/c13-5-10-1-3-11(4-2-10)6-14-7-12-8-15-9-16-12/h1-4,8-9,14H,6-7H2,(H,15,16). The number of nitrogens with one attached hydrogen (secondary N) is 2. The maximum Gasteiger partial charge on any atom is 0.0991 e. The van der Waals surface area contributed by atoms with Crippen molar-refractivity contribution < 1.29 is 0 Å². The average molecular weight is 212 g/mol. The minimum absolute atomic E-state index is 0.692. The summed E-state index contributed by atoms with van der Waals surface area (Å²) in [4.78, 5) is 6.96. The lowest BCUT2D eigenvalue weighted by Gasteiger charge is -2.03. The Kier molecular flexibility index (Phi) is 3.31. The van der Waals surface area contributed by atoms with Crippen molar-refractivity contribution in [1.29, 1.82) is 5.26 Å². The Morgan fingerprint density at radius 3 is 2.69 bits per heavy atom. The fourth-order valence-electron chi connectivity index (χ4n) is 1.42. The van der Waals surface area contributed by atoms with Crippen LogP contribution >= 0.6 is 0 Å². The van der Waals surface area contributed by atoms with Gasteiger partial charge in [-0.3, -0.25) is 0 Å². The molecule has 0 unspecified atom stereocenters. The Balaban J connectivity index is 1.83. The summed E-state index contributed by atoms with van der Waals surface area (Å²) in [5.41, 5.74) is 2.92. The highest BCUT2D eigenvalue weighted by Crippen LogP contribution is 2.03. The van der Waals surface area contributed by atoms with Gasteiger partial charge in [0, 0.05) is 25.0 Å². The maximum absolute atomic E-state index is 8.65. The molecule has 0 saturated carbocycles. The molecule has 4 heteroatoms. The molecule has 2 aromatic rings. The summed E-state index contributed by atoms with van der Waals surface area (Å²) in [6.45, 7) is 1.55. The van der Waals surface area contributed by atoms with Gasteiger partial charge in [-0.05, 0) is 17.7 Å². The van der Waals surface area contributed by atoms with Crippen LogP contribution in [0.5, 0.6) is 0 Å². The van der Waals surface area contributed by atoms with Crippen molar-refractivity contribution in [3.05, 3.63) is 53.6 Å². The molecule has 80 valence electrons. The first-order valence-electron chi connectivity index (χ1n) is 5.05. The number of nitriles is 1. The van der Waals surface area contributed by atoms with E-state index in [9.17, 15) is 0 Å². The van der Waals surface area contributed by atoms with E-state index in [1.807, 2.05) is 24.3 Å². The zero-order valence-corrected chi connectivity index (χ0v) is 8.77. The Morgan fingerprint density at radius 1 is 1.25 bits per heavy atom. The summed E-state index contributed by atoms with van der Waals surface area (Å²) >= 11 is 0. The van der Waals surface area contributed by atoms with Crippen LogP contribution in [0.1, 0.15) is 16.8 Å². The zero-order chi connectivity index (χ0) is 11.2. The van der Waals surface area contributed by atoms with Crippen LogP contribution in [0.2, 0.25) is 0 Å². The molecule has 1 aromatic carbocycles. The second-order valence-corrected chi connectivity index (χ2v) is 3.49. The first-order valence-corrected chi connectivity index (χ1v) is 5.05. The van der Waals surface area contributed by atoms with Gasteiger partial charge in [-0.2, -0.15) is 5.26 Å². The normalized spacial score (nSPS) is 9.94. The number of nitrogens with zero attached hydrogens (tertiary/aromatic N) is 2. The van der Waals surface area contributed by atoms with Gasteiger partial charge in [0.15, 0.2) is 0 Å². The van der Waals surface area contributed by atoms with Crippen LogP contribution in [0, 0.1) is 11.3 Å². The third-order valence-electron chi connectivity index (χ3n) is 2.28. The van der Waals surface area contributed by atoms with E-state index in [0.717, 1.165) is 18.8 Å². The van der Waals surface area contributed by atoms with Crippen LogP contribution < -0.4 is 5.32 Å². The molecule has 0 bridgehead atoms. The molecule has 16 heavy (non-hydrogen) atoms. The van der Waals surface area contributed by atoms with Crippen LogP contribution in [0.25, 0.3) is 0 Å². The molecular formula is C12H12N4. The van der Waals surface area contributed by atoms with E-state index < -0.39 is 0 Å². The Bertz CT molecular complexity index is 465. The zero-order valence-electron chi connectivity index (χ0n) is 8.77. The molecule has 0 aliphatic heterocycles. The summed E-state index contributed by atoms with van der Waals surface area (Å²) in [7, 11) is 0. The van der Waals surface area contributed by atoms with E-state index in [1.165, 1.54) is 5.56 Å². The number of rotatable bonds is 4. The largest absolute Gasteiger partial charge is 0.347 e. The Hall–Kier alpha value is -2.12. The molecule has 0 saturated heterocycles. The molecule has 4 nitrogen and oxygen atoms in total. The van der Waals surface area contributed by atoms with Crippen molar-refractivity contribution in [3.63, 3.8) is 0 Å². The third kappa shape index (κ3) is 2.69. The molecule has 2 rings (SSSR count). The summed E-state index contributed by atoms with van der Waals surface area (Å²) in [5, 5.41) is 11.9. The van der Waals surface area contributed by atoms with Crippen molar-refractivity contribution >= 4 is 0 Å². The molecular weight excluding hydrogens is 200 g/mol. The van der Waals surface area contributed by atoms with Crippen LogP contribution in [0.4, 0.5) is 0 Å². The van der Waals surface area contributed by atoms with Crippen molar-refractivity contribution in [2.45, 2.75) is 13.1 Å². The minimum atomic E-state index is 0.692. The Labute approximate surface area is 94.0 Å². The Morgan fingerprint density at radius 2 is 2.06 bits per heavy atom. The molecule has 0 aliphatic carbocycles. The van der Waals surface area contributed by atoms with E-state index >= 15 is 0 Å². The lowest BCUT2D eigenvalue weighted by Crippen LogP contribution is -2.12. The van der Waals surface area contributed by atoms with Crippen molar-refractivity contribution in [2.75, 3.05) is 0 Å². The fraction of sp³-hybridized carbons (Fsp3) is 0.167. The maximum atomic E-state index is 8.65. The number of aromatic nitrogens is 2. The topological polar surface area (TPSA) is 64.5 Å². The number of hydrogen-bond donors (Lipinski definition) is 2. The van der Waals surface area contributed by atoms with Crippen LogP contribution in [0.15, 0.2) is 36.8 Å². The van der Waals surface area contributed by atoms with Gasteiger partial charge in [0.1, 0.15) is 0 Å². The summed E-state index contributed by atoms with van der Waals surface area (Å²) in [6.07, 6.45) is 3.46. The molecule has 0 atom stereocenters. The smallest absolute Gasteiger partial charge is 0.0991 e. The SMILES string of the molecule is N#Cc1ccc(CNCc2cnc[nH]2)cc1. The van der Waals surface area contributed by atoms with Crippen molar-refractivity contribution in [1.82, 2.24) is 15.3 Å². The van der Waals surface area contributed by atoms with Crippen molar-refractivity contribution in [3.8, 4) is 6.07 Å². The van der Waals surface area contributed by atoms with Gasteiger partial charge in [-0.15, -0.1) is 0 Å². The predicted molar refractivity (Wildman–Crippen MR) is 60.3 cm³/mol. The lowest BCUT2D eigenvalue weighted by molar-refractivity contribution is 0.682. The van der Waals surface area contributed by atoms with Gasteiger partial charge in [0.2, 0.25) is 0 Å². The molecule has 2 N–H and O–H groups in total. The molecule has 0 spiro atoms. The second-order valence-electron chi connectivity index (χ2n) is 3.49. The molecule has 0 amide bonds. The monoisotopic (exact) mass is 212 g/mol. The first kappa shape index (κ1) is 10.4. The second kappa shape index (κ2) is 5.10. The van der Waals surface area contributed by atoms with Crippen LogP contribution in [-0.4, -0.2) is 9.97 Å². The van der Waals surface area contributed by atoms with Gasteiger partial charge < -0.3 is 10.3 Å². The highest BCUT2D eigenvalue weighted by atomic mass is 14.9. The van der Waals surface area contributed by atoms with Gasteiger partial charge in [0.25, 0.3) is 0 Å². The lowest BCUT2D eigenvalue weighted by atomic mass is 10.1. The number of imidazole rings is 1. The average Bonchev–Trinajstić information content (AvgIpc) is 2.83. The molecule has 1 heterocycles. The summed E-state index contributed by atoms with van der Waals surface area (Å²) < 4.78 is 0. The van der Waals surface area contributed by atoms with Crippen molar-refractivity contribution in [2.24, 2.45) is 0 Å². The van der Waals surface area contributed by atoms with Gasteiger partial charge in [-0.25, -0.2) is 4.98 Å². The van der Waals surface area contributed by atoms with E-state index in [2.05, 4.69) is 21.4 Å². The van der Waals surface area contributed by atoms with Gasteiger partial charge in [0.05, 0.1) is 18.0 Å². The quantitative estimate of drug-likeness (QED) is 0.808. The fourth-order valence-corrected chi connectivity index (χ4v) is 1.42. The predicted octanol–water partition coefficient (Wildman–Crippen LogP) is 1.57. The number of benzene rings is 1. The van der Waals surface area contributed by atoms with E-state index in [0.29, 0.717) is 5.56 Å². The highest BCUT2D eigenvalue weighted by Gasteiger charge is 1.95.